The van der Waals surface area contributed by atoms with Crippen molar-refractivity contribution in [2.24, 2.45) is 17.6 Å². The maximum absolute atomic E-state index is 13.0. The summed E-state index contributed by atoms with van der Waals surface area (Å²) in [5.74, 6) is -0.860. The maximum Gasteiger partial charge on any atom is 0.416 e. The number of nitrogens with one attached hydrogen (secondary N) is 1. The van der Waals surface area contributed by atoms with Gasteiger partial charge in [-0.2, -0.15) is 13.2 Å². The van der Waals surface area contributed by atoms with Crippen molar-refractivity contribution in [2.75, 3.05) is 19.6 Å². The van der Waals surface area contributed by atoms with Crippen molar-refractivity contribution in [3.63, 3.8) is 0 Å². The molecule has 10 heteroatoms. The van der Waals surface area contributed by atoms with Gasteiger partial charge in [-0.15, -0.1) is 0 Å². The number of amides is 2. The number of piperidine rings is 1. The van der Waals surface area contributed by atoms with Gasteiger partial charge in [-0.3, -0.25) is 9.59 Å². The molecule has 1 saturated heterocycles. The molecule has 1 heterocycles. The molecule has 3 rings (SSSR count). The van der Waals surface area contributed by atoms with Crippen LogP contribution in [-0.2, 0) is 11.0 Å². The molecule has 0 bridgehead atoms. The second-order valence-corrected chi connectivity index (χ2v) is 8.68. The van der Waals surface area contributed by atoms with Gasteiger partial charge in [0.2, 0.25) is 5.91 Å². The SMILES string of the molecule is N[C@H]1CCCC[C@H]1C(=O)N1CCC(CNC(=O)c2cc(C(F)F)cc(C(F)(F)F)c2)CC1. The smallest absolute Gasteiger partial charge is 0.352 e. The molecule has 0 radical (unpaired) electrons. The Hall–Kier alpha value is -2.23. The van der Waals surface area contributed by atoms with Gasteiger partial charge in [0.1, 0.15) is 0 Å². The summed E-state index contributed by atoms with van der Waals surface area (Å²) in [5.41, 5.74) is 3.52. The van der Waals surface area contributed by atoms with Crippen LogP contribution >= 0.6 is 0 Å². The van der Waals surface area contributed by atoms with E-state index in [1.54, 1.807) is 4.90 Å². The zero-order valence-electron chi connectivity index (χ0n) is 17.6. The Morgan fingerprint density at radius 3 is 2.31 bits per heavy atom. The number of carbonyl (C=O) groups is 2. The molecule has 2 amide bonds. The Morgan fingerprint density at radius 2 is 1.72 bits per heavy atom. The van der Waals surface area contributed by atoms with Crippen molar-refractivity contribution in [3.8, 4) is 0 Å². The van der Waals surface area contributed by atoms with Gasteiger partial charge in [0.25, 0.3) is 12.3 Å². The minimum Gasteiger partial charge on any atom is -0.352 e. The van der Waals surface area contributed by atoms with E-state index < -0.39 is 35.2 Å². The molecule has 0 unspecified atom stereocenters. The Kier molecular flexibility index (Phi) is 7.74. The fraction of sp³-hybridized carbons (Fsp3) is 0.636. The zero-order valence-corrected chi connectivity index (χ0v) is 17.6. The van der Waals surface area contributed by atoms with Crippen LogP contribution in [0.15, 0.2) is 18.2 Å². The van der Waals surface area contributed by atoms with Gasteiger partial charge in [0.05, 0.1) is 11.5 Å². The first-order valence-electron chi connectivity index (χ1n) is 10.9. The molecule has 0 spiro atoms. The third-order valence-corrected chi connectivity index (χ3v) is 6.41. The number of carbonyl (C=O) groups excluding carboxylic acids is 2. The molecule has 32 heavy (non-hydrogen) atoms. The standard InChI is InChI=1S/C22H28F5N3O2/c23-19(24)14-9-15(11-16(10-14)22(25,26)27)20(31)29-12-13-5-7-30(8-6-13)21(32)17-3-1-2-4-18(17)28/h9-11,13,17-19H,1-8,12,28H2,(H,29,31)/t17-,18+/m1/s1. The van der Waals surface area contributed by atoms with E-state index in [-0.39, 0.29) is 30.3 Å². The van der Waals surface area contributed by atoms with Crippen molar-refractivity contribution >= 4 is 11.8 Å². The number of likely N-dealkylation sites (tertiary alicyclic amines) is 1. The lowest BCUT2D eigenvalue weighted by Crippen LogP contribution is -2.49. The van der Waals surface area contributed by atoms with Crippen molar-refractivity contribution in [3.05, 3.63) is 34.9 Å². The first-order chi connectivity index (χ1) is 15.1. The van der Waals surface area contributed by atoms with Crippen molar-refractivity contribution in [1.29, 1.82) is 0 Å². The average molecular weight is 461 g/mol. The minimum absolute atomic E-state index is 0.0448. The number of hydrogen-bond donors (Lipinski definition) is 2. The van der Waals surface area contributed by atoms with E-state index >= 15 is 0 Å². The molecule has 178 valence electrons. The minimum atomic E-state index is -4.83. The topological polar surface area (TPSA) is 75.4 Å². The number of rotatable bonds is 5. The highest BCUT2D eigenvalue weighted by molar-refractivity contribution is 5.94. The van der Waals surface area contributed by atoms with E-state index in [1.165, 1.54) is 0 Å². The summed E-state index contributed by atoms with van der Waals surface area (Å²) in [4.78, 5) is 26.9. The van der Waals surface area contributed by atoms with E-state index in [0.29, 0.717) is 38.1 Å². The van der Waals surface area contributed by atoms with Gasteiger partial charge >= 0.3 is 6.18 Å². The van der Waals surface area contributed by atoms with Crippen LogP contribution < -0.4 is 11.1 Å². The normalized spacial score (nSPS) is 22.8. The summed E-state index contributed by atoms with van der Waals surface area (Å²) in [6, 6.07) is 1.60. The van der Waals surface area contributed by atoms with E-state index in [0.717, 1.165) is 31.7 Å². The predicted molar refractivity (Wildman–Crippen MR) is 108 cm³/mol. The quantitative estimate of drug-likeness (QED) is 0.648. The van der Waals surface area contributed by atoms with Crippen LogP contribution in [0.1, 0.15) is 66.4 Å². The number of halogens is 5. The number of benzene rings is 1. The summed E-state index contributed by atoms with van der Waals surface area (Å²) < 4.78 is 64.9. The van der Waals surface area contributed by atoms with Gasteiger partial charge in [-0.25, -0.2) is 8.78 Å². The highest BCUT2D eigenvalue weighted by atomic mass is 19.4. The van der Waals surface area contributed by atoms with Crippen molar-refractivity contribution in [2.45, 2.75) is 57.2 Å². The van der Waals surface area contributed by atoms with Crippen molar-refractivity contribution in [1.82, 2.24) is 10.2 Å². The Bertz CT molecular complexity index is 822. The summed E-state index contributed by atoms with van der Waals surface area (Å²) in [6.07, 6.45) is -3.00. The monoisotopic (exact) mass is 461 g/mol. The lowest BCUT2D eigenvalue weighted by molar-refractivity contribution is -0.139. The number of alkyl halides is 5. The first kappa shape index (κ1) is 24.4. The van der Waals surface area contributed by atoms with Crippen LogP contribution in [0.25, 0.3) is 0 Å². The molecule has 1 aromatic carbocycles. The zero-order chi connectivity index (χ0) is 23.5. The Labute approximate surface area is 183 Å². The second-order valence-electron chi connectivity index (χ2n) is 8.68. The Morgan fingerprint density at radius 1 is 1.06 bits per heavy atom. The van der Waals surface area contributed by atoms with Crippen LogP contribution in [0.4, 0.5) is 22.0 Å². The Balaban J connectivity index is 1.54. The predicted octanol–water partition coefficient (Wildman–Crippen LogP) is 4.13. The molecule has 1 aromatic rings. The number of nitrogens with zero attached hydrogens (tertiary/aromatic N) is 1. The van der Waals surface area contributed by atoms with Gasteiger partial charge in [-0.05, 0) is 49.8 Å². The number of hydrogen-bond acceptors (Lipinski definition) is 3. The lowest BCUT2D eigenvalue weighted by atomic mass is 9.83. The second kappa shape index (κ2) is 10.1. The highest BCUT2D eigenvalue weighted by Crippen LogP contribution is 2.33. The third kappa shape index (κ3) is 5.96. The van der Waals surface area contributed by atoms with Gasteiger partial charge in [-0.1, -0.05) is 12.8 Å². The summed E-state index contributed by atoms with van der Waals surface area (Å²) in [5, 5.41) is 2.55. The largest absolute Gasteiger partial charge is 0.416 e. The van der Waals surface area contributed by atoms with Crippen LogP contribution in [0.3, 0.4) is 0 Å². The first-order valence-corrected chi connectivity index (χ1v) is 10.9. The molecule has 2 atom stereocenters. The van der Waals surface area contributed by atoms with Crippen molar-refractivity contribution < 1.29 is 31.5 Å². The van der Waals surface area contributed by atoms with Gasteiger partial charge in [0.15, 0.2) is 0 Å². The summed E-state index contributed by atoms with van der Waals surface area (Å²) in [6.45, 7) is 1.26. The molecule has 0 aromatic heterocycles. The molecule has 1 aliphatic carbocycles. The summed E-state index contributed by atoms with van der Waals surface area (Å²) >= 11 is 0. The maximum atomic E-state index is 13.0. The average Bonchev–Trinajstić information content (AvgIpc) is 2.76. The van der Waals surface area contributed by atoms with E-state index in [1.807, 2.05) is 0 Å². The molecule has 1 saturated carbocycles. The molecule has 5 nitrogen and oxygen atoms in total. The lowest BCUT2D eigenvalue weighted by Gasteiger charge is -2.37. The summed E-state index contributed by atoms with van der Waals surface area (Å²) in [7, 11) is 0. The highest BCUT2D eigenvalue weighted by Gasteiger charge is 2.34. The number of nitrogens with two attached hydrogens (primary N) is 1. The van der Waals surface area contributed by atoms with E-state index in [2.05, 4.69) is 5.32 Å². The van der Waals surface area contributed by atoms with Crippen LogP contribution in [0.2, 0.25) is 0 Å². The molecule has 2 fully saturated rings. The fourth-order valence-electron chi connectivity index (χ4n) is 4.47. The van der Waals surface area contributed by atoms with Gasteiger partial charge < -0.3 is 16.0 Å². The molecular weight excluding hydrogens is 433 g/mol. The molecule has 2 aliphatic rings. The van der Waals surface area contributed by atoms with Crippen LogP contribution in [0, 0.1) is 11.8 Å². The van der Waals surface area contributed by atoms with Gasteiger partial charge in [0, 0.05) is 36.8 Å². The molecular formula is C22H28F5N3O2. The van der Waals surface area contributed by atoms with E-state index in [4.69, 9.17) is 5.73 Å². The van der Waals surface area contributed by atoms with Crippen LogP contribution in [-0.4, -0.2) is 42.4 Å². The van der Waals surface area contributed by atoms with E-state index in [9.17, 15) is 31.5 Å². The van der Waals surface area contributed by atoms with Crippen LogP contribution in [0.5, 0.6) is 0 Å². The molecule has 3 N–H and O–H groups in total. The molecule has 1 aliphatic heterocycles. The fourth-order valence-corrected chi connectivity index (χ4v) is 4.47. The third-order valence-electron chi connectivity index (χ3n) is 6.41.